The number of rotatable bonds is 6. The highest BCUT2D eigenvalue weighted by atomic mass is 32.2. The van der Waals surface area contributed by atoms with E-state index in [1.165, 1.54) is 40.9 Å². The minimum Gasteiger partial charge on any atom is -0.325 e. The van der Waals surface area contributed by atoms with Crippen LogP contribution in [0, 0.1) is 10.1 Å². The molecule has 1 amide bonds. The van der Waals surface area contributed by atoms with Gasteiger partial charge in [0.25, 0.3) is 11.2 Å². The van der Waals surface area contributed by atoms with Crippen LogP contribution >= 0.6 is 23.1 Å². The van der Waals surface area contributed by atoms with Crippen LogP contribution < -0.4 is 10.9 Å². The standard InChI is InChI=1S/C24H20N4O4S2/c29-20(25-15-10-12-17(13-11-15)28(31)32)14-33-24-26-22-21(18-8-4-5-9-19(18)34-22)23(30)27(24)16-6-2-1-3-7-16/h1-3,6-7,10-13H,4-5,8-9,14H2,(H,25,29). The van der Waals surface area contributed by atoms with Crippen LogP contribution in [0.2, 0.25) is 0 Å². The predicted molar refractivity (Wildman–Crippen MR) is 134 cm³/mol. The molecule has 10 heteroatoms. The zero-order chi connectivity index (χ0) is 23.7. The van der Waals surface area contributed by atoms with Gasteiger partial charge in [0.2, 0.25) is 5.91 Å². The lowest BCUT2D eigenvalue weighted by atomic mass is 9.97. The van der Waals surface area contributed by atoms with Crippen LogP contribution in [0.1, 0.15) is 23.3 Å². The first-order chi connectivity index (χ1) is 16.5. The molecule has 0 bridgehead atoms. The van der Waals surface area contributed by atoms with Crippen LogP contribution in [-0.4, -0.2) is 26.1 Å². The van der Waals surface area contributed by atoms with E-state index in [2.05, 4.69) is 5.32 Å². The Hall–Kier alpha value is -3.50. The Morgan fingerprint density at radius 1 is 1.12 bits per heavy atom. The third-order valence-corrected chi connectivity index (χ3v) is 7.79. The van der Waals surface area contributed by atoms with Gasteiger partial charge in [-0.1, -0.05) is 30.0 Å². The van der Waals surface area contributed by atoms with Gasteiger partial charge in [-0.25, -0.2) is 4.98 Å². The maximum absolute atomic E-state index is 13.7. The number of fused-ring (bicyclic) bond motifs is 3. The van der Waals surface area contributed by atoms with Crippen LogP contribution in [0.25, 0.3) is 15.9 Å². The number of benzene rings is 2. The summed E-state index contributed by atoms with van der Waals surface area (Å²) < 4.78 is 1.59. The van der Waals surface area contributed by atoms with Crippen molar-refractivity contribution in [1.82, 2.24) is 9.55 Å². The molecule has 0 unspecified atom stereocenters. The number of thiophene rings is 1. The number of carbonyl (C=O) groups is 1. The minimum absolute atomic E-state index is 0.0346. The van der Waals surface area contributed by atoms with Gasteiger partial charge in [-0.3, -0.25) is 24.3 Å². The maximum atomic E-state index is 13.7. The summed E-state index contributed by atoms with van der Waals surface area (Å²) in [6, 6.07) is 15.0. The molecule has 2 aromatic heterocycles. The maximum Gasteiger partial charge on any atom is 0.269 e. The number of non-ortho nitro benzene ring substituents is 1. The first-order valence-electron chi connectivity index (χ1n) is 10.8. The number of aromatic nitrogens is 2. The Kier molecular flexibility index (Phi) is 6.16. The fourth-order valence-electron chi connectivity index (χ4n) is 4.08. The van der Waals surface area contributed by atoms with E-state index in [1.807, 2.05) is 30.3 Å². The molecule has 0 saturated heterocycles. The second-order valence-electron chi connectivity index (χ2n) is 7.90. The molecule has 1 aliphatic rings. The van der Waals surface area contributed by atoms with E-state index in [9.17, 15) is 19.7 Å². The third kappa shape index (κ3) is 4.34. The van der Waals surface area contributed by atoms with Gasteiger partial charge in [0.1, 0.15) is 4.83 Å². The van der Waals surface area contributed by atoms with Gasteiger partial charge >= 0.3 is 0 Å². The molecular weight excluding hydrogens is 472 g/mol. The van der Waals surface area contributed by atoms with Crippen LogP contribution in [0.4, 0.5) is 11.4 Å². The summed E-state index contributed by atoms with van der Waals surface area (Å²) in [5.74, 6) is -0.259. The van der Waals surface area contributed by atoms with Crippen LogP contribution in [-0.2, 0) is 17.6 Å². The zero-order valence-electron chi connectivity index (χ0n) is 18.0. The summed E-state index contributed by atoms with van der Waals surface area (Å²) >= 11 is 2.77. The number of hydrogen-bond acceptors (Lipinski definition) is 7. The zero-order valence-corrected chi connectivity index (χ0v) is 19.7. The lowest BCUT2D eigenvalue weighted by Crippen LogP contribution is -2.23. The van der Waals surface area contributed by atoms with E-state index < -0.39 is 4.92 Å². The molecular formula is C24H20N4O4S2. The number of hydrogen-bond donors (Lipinski definition) is 1. The molecule has 0 radical (unpaired) electrons. The van der Waals surface area contributed by atoms with Crippen LogP contribution in [0.5, 0.6) is 0 Å². The molecule has 1 aliphatic carbocycles. The minimum atomic E-state index is -0.492. The van der Waals surface area contributed by atoms with Crippen molar-refractivity contribution in [3.05, 3.63) is 85.5 Å². The van der Waals surface area contributed by atoms with Gasteiger partial charge in [-0.05, 0) is 55.5 Å². The molecule has 1 N–H and O–H groups in total. The summed E-state index contributed by atoms with van der Waals surface area (Å²) in [6.07, 6.45) is 4.06. The largest absolute Gasteiger partial charge is 0.325 e. The predicted octanol–water partition coefficient (Wildman–Crippen LogP) is 4.97. The molecule has 0 atom stereocenters. The van der Waals surface area contributed by atoms with Gasteiger partial charge in [-0.2, -0.15) is 0 Å². The third-order valence-electron chi connectivity index (χ3n) is 5.67. The van der Waals surface area contributed by atoms with Crippen molar-refractivity contribution in [2.24, 2.45) is 0 Å². The second-order valence-corrected chi connectivity index (χ2v) is 9.93. The van der Waals surface area contributed by atoms with Gasteiger partial charge in [-0.15, -0.1) is 11.3 Å². The van der Waals surface area contributed by atoms with Gasteiger partial charge in [0.15, 0.2) is 5.16 Å². The normalized spacial score (nSPS) is 12.9. The average molecular weight is 493 g/mol. The fourth-order valence-corrected chi connectivity index (χ4v) is 6.20. The molecule has 172 valence electrons. The summed E-state index contributed by atoms with van der Waals surface area (Å²) in [4.78, 5) is 43.3. The number of nitrogens with one attached hydrogen (secondary N) is 1. The molecule has 2 aromatic carbocycles. The Bertz CT molecular complexity index is 1450. The monoisotopic (exact) mass is 492 g/mol. The number of anilines is 1. The van der Waals surface area contributed by atoms with Crippen molar-refractivity contribution in [3.8, 4) is 5.69 Å². The lowest BCUT2D eigenvalue weighted by Gasteiger charge is -2.13. The van der Waals surface area contributed by atoms with Crippen molar-refractivity contribution in [2.75, 3.05) is 11.1 Å². The Morgan fingerprint density at radius 3 is 2.59 bits per heavy atom. The summed E-state index contributed by atoms with van der Waals surface area (Å²) in [5.41, 5.74) is 2.15. The molecule has 0 saturated carbocycles. The first-order valence-corrected chi connectivity index (χ1v) is 12.6. The van der Waals surface area contributed by atoms with E-state index in [-0.39, 0.29) is 22.9 Å². The summed E-state index contributed by atoms with van der Waals surface area (Å²) in [7, 11) is 0. The highest BCUT2D eigenvalue weighted by molar-refractivity contribution is 7.99. The van der Waals surface area contributed by atoms with E-state index in [1.54, 1.807) is 15.9 Å². The van der Waals surface area contributed by atoms with E-state index in [0.29, 0.717) is 21.9 Å². The number of nitro benzene ring substituents is 1. The number of amides is 1. The van der Waals surface area contributed by atoms with E-state index in [0.717, 1.165) is 36.1 Å². The Balaban J connectivity index is 1.45. The second kappa shape index (κ2) is 9.40. The number of nitro groups is 1. The smallest absolute Gasteiger partial charge is 0.269 e. The first kappa shape index (κ1) is 22.3. The van der Waals surface area contributed by atoms with Crippen LogP contribution in [0.15, 0.2) is 64.5 Å². The SMILES string of the molecule is O=C(CSc1nc2sc3c(c2c(=O)n1-c1ccccc1)CCCC3)Nc1ccc([N+](=O)[O-])cc1. The summed E-state index contributed by atoms with van der Waals surface area (Å²) in [6.45, 7) is 0. The molecule has 0 spiro atoms. The quantitative estimate of drug-likeness (QED) is 0.176. The van der Waals surface area contributed by atoms with Crippen molar-refractivity contribution >= 4 is 50.6 Å². The highest BCUT2D eigenvalue weighted by Gasteiger charge is 2.23. The van der Waals surface area contributed by atoms with Gasteiger partial charge < -0.3 is 5.32 Å². The van der Waals surface area contributed by atoms with Gasteiger partial charge in [0.05, 0.1) is 21.7 Å². The lowest BCUT2D eigenvalue weighted by molar-refractivity contribution is -0.384. The number of nitrogens with zero attached hydrogens (tertiary/aromatic N) is 3. The fraction of sp³-hybridized carbons (Fsp3) is 0.208. The molecule has 8 nitrogen and oxygen atoms in total. The number of thioether (sulfide) groups is 1. The number of para-hydroxylation sites is 1. The van der Waals surface area contributed by atoms with Crippen molar-refractivity contribution in [1.29, 1.82) is 0 Å². The number of carbonyl (C=O) groups excluding carboxylic acids is 1. The topological polar surface area (TPSA) is 107 Å². The molecule has 0 fully saturated rings. The molecule has 5 rings (SSSR count). The number of aryl methyl sites for hydroxylation is 2. The Labute approximate surface area is 202 Å². The molecule has 4 aromatic rings. The molecule has 34 heavy (non-hydrogen) atoms. The highest BCUT2D eigenvalue weighted by Crippen LogP contribution is 2.35. The van der Waals surface area contributed by atoms with Crippen molar-refractivity contribution in [3.63, 3.8) is 0 Å². The van der Waals surface area contributed by atoms with Crippen LogP contribution in [0.3, 0.4) is 0 Å². The van der Waals surface area contributed by atoms with Gasteiger partial charge in [0, 0.05) is 22.7 Å². The molecule has 0 aliphatic heterocycles. The van der Waals surface area contributed by atoms with E-state index >= 15 is 0 Å². The summed E-state index contributed by atoms with van der Waals surface area (Å²) in [5, 5.41) is 14.7. The average Bonchev–Trinajstić information content (AvgIpc) is 3.22. The molecule has 2 heterocycles. The Morgan fingerprint density at radius 2 is 1.85 bits per heavy atom. The van der Waals surface area contributed by atoms with E-state index in [4.69, 9.17) is 4.98 Å². The van der Waals surface area contributed by atoms with Crippen molar-refractivity contribution < 1.29 is 9.72 Å². The van der Waals surface area contributed by atoms with Crippen molar-refractivity contribution in [2.45, 2.75) is 30.8 Å².